The molecule has 130 valence electrons. The van der Waals surface area contributed by atoms with Gasteiger partial charge in [0.05, 0.1) is 30.7 Å². The van der Waals surface area contributed by atoms with Crippen LogP contribution in [0.3, 0.4) is 0 Å². The van der Waals surface area contributed by atoms with Crippen LogP contribution in [0.5, 0.6) is 5.75 Å². The maximum Gasteiger partial charge on any atom is 0.271 e. The van der Waals surface area contributed by atoms with Crippen molar-refractivity contribution in [3.63, 3.8) is 0 Å². The molecule has 3 rings (SSSR count). The summed E-state index contributed by atoms with van der Waals surface area (Å²) in [5.74, 6) is 0.0463. The van der Waals surface area contributed by atoms with Crippen molar-refractivity contribution < 1.29 is 19.7 Å². The Morgan fingerprint density at radius 2 is 1.96 bits per heavy atom. The van der Waals surface area contributed by atoms with E-state index >= 15 is 0 Å². The van der Waals surface area contributed by atoms with E-state index in [0.717, 1.165) is 22.0 Å². The molecule has 0 aliphatic heterocycles. The van der Waals surface area contributed by atoms with Gasteiger partial charge < -0.3 is 25.3 Å². The number of hydrogen-bond donors (Lipinski definition) is 4. The highest BCUT2D eigenvalue weighted by Crippen LogP contribution is 2.37. The standard InChI is InChI=1S/C19H20N2O4/c1-25-18-16-14(12-6-3-2-4-7-12)8-5-9-15(16)21-17(18)19(24)20-10-13(23)11-22/h2-9,13,21-23H,10-11H2,1H3,(H,20,24). The Labute approximate surface area is 145 Å². The van der Waals surface area contributed by atoms with Crippen LogP contribution in [0.15, 0.2) is 48.5 Å². The van der Waals surface area contributed by atoms with Gasteiger partial charge in [-0.1, -0.05) is 42.5 Å². The van der Waals surface area contributed by atoms with Gasteiger partial charge in [0.2, 0.25) is 0 Å². The number of fused-ring (bicyclic) bond motifs is 1. The van der Waals surface area contributed by atoms with E-state index in [1.165, 1.54) is 7.11 Å². The maximum atomic E-state index is 12.4. The molecule has 0 spiro atoms. The number of carbonyl (C=O) groups is 1. The summed E-state index contributed by atoms with van der Waals surface area (Å²) in [6.07, 6.45) is -1.00. The minimum absolute atomic E-state index is 0.0423. The van der Waals surface area contributed by atoms with Gasteiger partial charge in [-0.2, -0.15) is 0 Å². The van der Waals surface area contributed by atoms with E-state index in [4.69, 9.17) is 9.84 Å². The Morgan fingerprint density at radius 1 is 1.20 bits per heavy atom. The summed E-state index contributed by atoms with van der Waals surface area (Å²) in [6, 6.07) is 15.6. The summed E-state index contributed by atoms with van der Waals surface area (Å²) in [5, 5.41) is 21.7. The van der Waals surface area contributed by atoms with Crippen molar-refractivity contribution in [3.05, 3.63) is 54.2 Å². The van der Waals surface area contributed by atoms with Crippen molar-refractivity contribution in [1.29, 1.82) is 0 Å². The number of aliphatic hydroxyl groups excluding tert-OH is 2. The number of H-pyrrole nitrogens is 1. The first-order valence-electron chi connectivity index (χ1n) is 7.97. The number of benzene rings is 2. The third-order valence-electron chi connectivity index (χ3n) is 4.00. The predicted octanol–water partition coefficient (Wildman–Crippen LogP) is 1.93. The number of aromatic nitrogens is 1. The molecular weight excluding hydrogens is 320 g/mol. The third-order valence-corrected chi connectivity index (χ3v) is 4.00. The van der Waals surface area contributed by atoms with Crippen LogP contribution >= 0.6 is 0 Å². The highest BCUT2D eigenvalue weighted by atomic mass is 16.5. The number of aliphatic hydroxyl groups is 2. The topological polar surface area (TPSA) is 94.6 Å². The van der Waals surface area contributed by atoms with Crippen LogP contribution in [0.25, 0.3) is 22.0 Å². The van der Waals surface area contributed by atoms with Crippen molar-refractivity contribution in [2.75, 3.05) is 20.3 Å². The molecule has 3 aromatic rings. The van der Waals surface area contributed by atoms with Gasteiger partial charge in [-0.3, -0.25) is 4.79 Å². The van der Waals surface area contributed by atoms with Gasteiger partial charge in [0.25, 0.3) is 5.91 Å². The summed E-state index contributed by atoms with van der Waals surface area (Å²) >= 11 is 0. The fraction of sp³-hybridized carbons (Fsp3) is 0.211. The van der Waals surface area contributed by atoms with Crippen LogP contribution < -0.4 is 10.1 Å². The minimum atomic E-state index is -1.00. The van der Waals surface area contributed by atoms with Crippen LogP contribution in [0.1, 0.15) is 10.5 Å². The van der Waals surface area contributed by atoms with Crippen molar-refractivity contribution in [2.24, 2.45) is 0 Å². The molecule has 6 heteroatoms. The highest BCUT2D eigenvalue weighted by Gasteiger charge is 2.21. The number of carbonyl (C=O) groups excluding carboxylic acids is 1. The first kappa shape index (κ1) is 17.0. The smallest absolute Gasteiger partial charge is 0.271 e. The normalized spacial score (nSPS) is 12.1. The fourth-order valence-corrected chi connectivity index (χ4v) is 2.80. The molecule has 1 atom stereocenters. The van der Waals surface area contributed by atoms with Gasteiger partial charge in [-0.25, -0.2) is 0 Å². The second-order valence-corrected chi connectivity index (χ2v) is 5.67. The van der Waals surface area contributed by atoms with Crippen LogP contribution in [-0.4, -0.2) is 47.5 Å². The molecule has 1 unspecified atom stereocenters. The van der Waals surface area contributed by atoms with Gasteiger partial charge in [0, 0.05) is 6.54 Å². The molecule has 4 N–H and O–H groups in total. The number of methoxy groups -OCH3 is 1. The van der Waals surface area contributed by atoms with E-state index in [0.29, 0.717) is 5.75 Å². The molecule has 2 aromatic carbocycles. The first-order valence-corrected chi connectivity index (χ1v) is 7.97. The lowest BCUT2D eigenvalue weighted by Gasteiger charge is -2.09. The molecule has 1 aromatic heterocycles. The summed E-state index contributed by atoms with van der Waals surface area (Å²) in [5.41, 5.74) is 3.05. The average molecular weight is 340 g/mol. The Kier molecular flexibility index (Phi) is 5.02. The molecule has 0 saturated heterocycles. The van der Waals surface area contributed by atoms with Crippen molar-refractivity contribution in [2.45, 2.75) is 6.10 Å². The van der Waals surface area contributed by atoms with Gasteiger partial charge in [-0.15, -0.1) is 0 Å². The van der Waals surface area contributed by atoms with Crippen LogP contribution in [0.2, 0.25) is 0 Å². The molecule has 0 bridgehead atoms. The van der Waals surface area contributed by atoms with E-state index in [-0.39, 0.29) is 12.2 Å². The molecule has 1 amide bonds. The predicted molar refractivity (Wildman–Crippen MR) is 95.7 cm³/mol. The SMILES string of the molecule is COc1c(C(=O)NCC(O)CO)[nH]c2cccc(-c3ccccc3)c12. The van der Waals surface area contributed by atoms with E-state index in [1.54, 1.807) is 0 Å². The van der Waals surface area contributed by atoms with Gasteiger partial charge in [0.15, 0.2) is 5.75 Å². The zero-order valence-corrected chi connectivity index (χ0v) is 13.8. The summed E-state index contributed by atoms with van der Waals surface area (Å²) < 4.78 is 5.51. The quantitative estimate of drug-likeness (QED) is 0.551. The van der Waals surface area contributed by atoms with Crippen molar-refractivity contribution >= 4 is 16.8 Å². The van der Waals surface area contributed by atoms with Gasteiger partial charge >= 0.3 is 0 Å². The number of aromatic amines is 1. The molecular formula is C19H20N2O4. The monoisotopic (exact) mass is 340 g/mol. The molecule has 0 saturated carbocycles. The molecule has 25 heavy (non-hydrogen) atoms. The summed E-state index contributed by atoms with van der Waals surface area (Å²) in [4.78, 5) is 15.5. The number of rotatable bonds is 6. The lowest BCUT2D eigenvalue weighted by molar-refractivity contribution is 0.0797. The average Bonchev–Trinajstić information content (AvgIpc) is 3.05. The van der Waals surface area contributed by atoms with Crippen LogP contribution in [0, 0.1) is 0 Å². The van der Waals surface area contributed by atoms with Crippen LogP contribution in [-0.2, 0) is 0 Å². The number of ether oxygens (including phenoxy) is 1. The first-order chi connectivity index (χ1) is 12.2. The van der Waals surface area contributed by atoms with E-state index in [2.05, 4.69) is 10.3 Å². The Hall–Kier alpha value is -2.83. The van der Waals surface area contributed by atoms with Gasteiger partial charge in [-0.05, 0) is 17.2 Å². The van der Waals surface area contributed by atoms with E-state index in [1.807, 2.05) is 48.5 Å². The minimum Gasteiger partial charge on any atom is -0.494 e. The van der Waals surface area contributed by atoms with Crippen molar-refractivity contribution in [1.82, 2.24) is 10.3 Å². The number of amides is 1. The Balaban J connectivity index is 2.06. The lowest BCUT2D eigenvalue weighted by atomic mass is 10.0. The Bertz CT molecular complexity index is 874. The fourth-order valence-electron chi connectivity index (χ4n) is 2.80. The maximum absolute atomic E-state index is 12.4. The van der Waals surface area contributed by atoms with E-state index < -0.39 is 18.6 Å². The molecule has 0 radical (unpaired) electrons. The van der Waals surface area contributed by atoms with Crippen molar-refractivity contribution in [3.8, 4) is 16.9 Å². The highest BCUT2D eigenvalue weighted by molar-refractivity contribution is 6.08. The zero-order valence-electron chi connectivity index (χ0n) is 13.8. The number of nitrogens with one attached hydrogen (secondary N) is 2. The molecule has 0 aliphatic rings. The third kappa shape index (κ3) is 3.35. The van der Waals surface area contributed by atoms with E-state index in [9.17, 15) is 9.90 Å². The summed E-state index contributed by atoms with van der Waals surface area (Å²) in [7, 11) is 1.52. The second-order valence-electron chi connectivity index (χ2n) is 5.67. The molecule has 0 aliphatic carbocycles. The molecule has 1 heterocycles. The molecule has 6 nitrogen and oxygen atoms in total. The van der Waals surface area contributed by atoms with Crippen LogP contribution in [0.4, 0.5) is 0 Å². The lowest BCUT2D eigenvalue weighted by Crippen LogP contribution is -2.34. The Morgan fingerprint density at radius 3 is 2.64 bits per heavy atom. The zero-order chi connectivity index (χ0) is 17.8. The largest absolute Gasteiger partial charge is 0.494 e. The second kappa shape index (κ2) is 7.38. The molecule has 0 fully saturated rings. The van der Waals surface area contributed by atoms with Gasteiger partial charge in [0.1, 0.15) is 5.69 Å². The summed E-state index contributed by atoms with van der Waals surface area (Å²) in [6.45, 7) is -0.457. The number of hydrogen-bond acceptors (Lipinski definition) is 4.